The topological polar surface area (TPSA) is 84.9 Å². The number of esters is 1. The van der Waals surface area contributed by atoms with E-state index in [1.807, 2.05) is 13.8 Å². The van der Waals surface area contributed by atoms with E-state index in [1.54, 1.807) is 18.2 Å². The Kier molecular flexibility index (Phi) is 3.72. The van der Waals surface area contributed by atoms with Crippen molar-refractivity contribution in [1.29, 1.82) is 0 Å². The van der Waals surface area contributed by atoms with Crippen molar-refractivity contribution in [2.45, 2.75) is 20.5 Å². The minimum atomic E-state index is -0.554. The SMILES string of the molecule is Cc1sc2nc(COC(=O)c3ccccn3)[nH]c(=O)c2c1C. The first-order chi connectivity index (χ1) is 10.6. The maximum Gasteiger partial charge on any atom is 0.357 e. The molecule has 0 amide bonds. The van der Waals surface area contributed by atoms with Crippen molar-refractivity contribution in [3.63, 3.8) is 0 Å². The third kappa shape index (κ3) is 2.62. The summed E-state index contributed by atoms with van der Waals surface area (Å²) in [7, 11) is 0. The van der Waals surface area contributed by atoms with E-state index in [9.17, 15) is 9.59 Å². The molecule has 0 saturated heterocycles. The number of hydrogen-bond donors (Lipinski definition) is 1. The van der Waals surface area contributed by atoms with Gasteiger partial charge in [-0.1, -0.05) is 6.07 Å². The molecule has 3 rings (SSSR count). The van der Waals surface area contributed by atoms with Crippen molar-refractivity contribution in [3.05, 3.63) is 56.7 Å². The number of pyridine rings is 1. The van der Waals surface area contributed by atoms with Gasteiger partial charge in [-0.25, -0.2) is 14.8 Å². The van der Waals surface area contributed by atoms with Crippen LogP contribution >= 0.6 is 11.3 Å². The number of carbonyl (C=O) groups excluding carboxylic acids is 1. The van der Waals surface area contributed by atoms with Gasteiger partial charge in [0.15, 0.2) is 0 Å². The van der Waals surface area contributed by atoms with Gasteiger partial charge in [-0.15, -0.1) is 11.3 Å². The Hall–Kier alpha value is -2.54. The number of carbonyl (C=O) groups is 1. The summed E-state index contributed by atoms with van der Waals surface area (Å²) in [5.74, 6) is -0.232. The van der Waals surface area contributed by atoms with Crippen LogP contribution in [0.25, 0.3) is 10.2 Å². The van der Waals surface area contributed by atoms with Gasteiger partial charge in [0.25, 0.3) is 5.56 Å². The zero-order chi connectivity index (χ0) is 15.7. The molecular formula is C15H13N3O3S. The summed E-state index contributed by atoms with van der Waals surface area (Å²) in [6, 6.07) is 4.98. The van der Waals surface area contributed by atoms with Crippen molar-refractivity contribution < 1.29 is 9.53 Å². The van der Waals surface area contributed by atoms with E-state index >= 15 is 0 Å². The first-order valence-electron chi connectivity index (χ1n) is 6.63. The number of nitrogens with zero attached hydrogens (tertiary/aromatic N) is 2. The lowest BCUT2D eigenvalue weighted by atomic mass is 10.2. The summed E-state index contributed by atoms with van der Waals surface area (Å²) in [4.78, 5) is 36.5. The number of aryl methyl sites for hydroxylation is 2. The van der Waals surface area contributed by atoms with Crippen molar-refractivity contribution >= 4 is 27.5 Å². The molecule has 6 nitrogen and oxygen atoms in total. The van der Waals surface area contributed by atoms with Gasteiger partial charge >= 0.3 is 5.97 Å². The summed E-state index contributed by atoms with van der Waals surface area (Å²) in [6.45, 7) is 3.74. The van der Waals surface area contributed by atoms with E-state index < -0.39 is 5.97 Å². The molecule has 0 unspecified atom stereocenters. The van der Waals surface area contributed by atoms with Crippen LogP contribution in [-0.2, 0) is 11.3 Å². The number of fused-ring (bicyclic) bond motifs is 1. The van der Waals surface area contributed by atoms with Gasteiger partial charge in [-0.2, -0.15) is 0 Å². The normalized spacial score (nSPS) is 10.8. The van der Waals surface area contributed by atoms with E-state index in [2.05, 4.69) is 15.0 Å². The van der Waals surface area contributed by atoms with Crippen molar-refractivity contribution in [3.8, 4) is 0 Å². The van der Waals surface area contributed by atoms with E-state index in [1.165, 1.54) is 17.5 Å². The lowest BCUT2D eigenvalue weighted by Gasteiger charge is -2.03. The third-order valence-electron chi connectivity index (χ3n) is 3.30. The standard InChI is InChI=1S/C15H13N3O3S/c1-8-9(2)22-14-12(8)13(19)17-11(18-14)7-21-15(20)10-5-3-4-6-16-10/h3-6H,7H2,1-2H3,(H,17,18,19). The first kappa shape index (κ1) is 14.4. The minimum absolute atomic E-state index is 0.101. The molecule has 0 radical (unpaired) electrons. The Morgan fingerprint density at radius 3 is 2.91 bits per heavy atom. The van der Waals surface area contributed by atoms with Gasteiger partial charge in [0.2, 0.25) is 0 Å². The number of aromatic amines is 1. The molecule has 3 aromatic rings. The molecule has 0 spiro atoms. The number of H-pyrrole nitrogens is 1. The average Bonchev–Trinajstić information content (AvgIpc) is 2.81. The predicted octanol–water partition coefficient (Wildman–Crippen LogP) is 2.35. The van der Waals surface area contributed by atoms with Crippen LogP contribution in [0, 0.1) is 13.8 Å². The number of aromatic nitrogens is 3. The number of ether oxygens (including phenoxy) is 1. The highest BCUT2D eigenvalue weighted by Crippen LogP contribution is 2.25. The van der Waals surface area contributed by atoms with E-state index in [0.717, 1.165) is 10.4 Å². The summed E-state index contributed by atoms with van der Waals surface area (Å²) >= 11 is 1.45. The van der Waals surface area contributed by atoms with Crippen LogP contribution < -0.4 is 5.56 Å². The maximum atomic E-state index is 12.1. The van der Waals surface area contributed by atoms with E-state index in [4.69, 9.17) is 4.74 Å². The second kappa shape index (κ2) is 5.69. The largest absolute Gasteiger partial charge is 0.453 e. The fraction of sp³-hybridized carbons (Fsp3) is 0.200. The number of thiophene rings is 1. The monoisotopic (exact) mass is 315 g/mol. The molecule has 0 fully saturated rings. The molecule has 0 atom stereocenters. The van der Waals surface area contributed by atoms with Crippen LogP contribution in [0.15, 0.2) is 29.2 Å². The van der Waals surface area contributed by atoms with Crippen LogP contribution in [0.3, 0.4) is 0 Å². The molecule has 3 heterocycles. The van der Waals surface area contributed by atoms with E-state index in [0.29, 0.717) is 16.0 Å². The lowest BCUT2D eigenvalue weighted by Crippen LogP contribution is -2.14. The van der Waals surface area contributed by atoms with E-state index in [-0.39, 0.29) is 17.9 Å². The Morgan fingerprint density at radius 2 is 2.18 bits per heavy atom. The van der Waals surface area contributed by atoms with Crippen LogP contribution in [0.1, 0.15) is 26.8 Å². The Bertz CT molecular complexity index is 900. The Labute approximate surface area is 129 Å². The minimum Gasteiger partial charge on any atom is -0.453 e. The van der Waals surface area contributed by atoms with Crippen LogP contribution in [0.2, 0.25) is 0 Å². The fourth-order valence-electron chi connectivity index (χ4n) is 2.06. The molecule has 1 N–H and O–H groups in total. The molecule has 0 aliphatic rings. The average molecular weight is 315 g/mol. The summed E-state index contributed by atoms with van der Waals surface area (Å²) in [5.41, 5.74) is 0.940. The molecule has 0 aliphatic carbocycles. The van der Waals surface area contributed by atoms with Gasteiger partial charge in [0.05, 0.1) is 5.39 Å². The number of nitrogens with one attached hydrogen (secondary N) is 1. The summed E-state index contributed by atoms with van der Waals surface area (Å²) < 4.78 is 5.13. The molecule has 0 aromatic carbocycles. The number of rotatable bonds is 3. The van der Waals surface area contributed by atoms with Crippen LogP contribution in [0.4, 0.5) is 0 Å². The highest BCUT2D eigenvalue weighted by molar-refractivity contribution is 7.18. The highest BCUT2D eigenvalue weighted by Gasteiger charge is 2.13. The maximum absolute atomic E-state index is 12.1. The molecule has 0 saturated carbocycles. The van der Waals surface area contributed by atoms with Crippen LogP contribution in [0.5, 0.6) is 0 Å². The third-order valence-corrected chi connectivity index (χ3v) is 4.40. The zero-order valence-electron chi connectivity index (χ0n) is 12.0. The molecule has 112 valence electrons. The Balaban J connectivity index is 1.83. The molecule has 3 aromatic heterocycles. The first-order valence-corrected chi connectivity index (χ1v) is 7.45. The van der Waals surface area contributed by atoms with Gasteiger partial charge in [0, 0.05) is 11.1 Å². The van der Waals surface area contributed by atoms with Crippen molar-refractivity contribution in [1.82, 2.24) is 15.0 Å². The highest BCUT2D eigenvalue weighted by atomic mass is 32.1. The van der Waals surface area contributed by atoms with Crippen molar-refractivity contribution in [2.24, 2.45) is 0 Å². The summed E-state index contributed by atoms with van der Waals surface area (Å²) in [6.07, 6.45) is 1.51. The molecule has 0 aliphatic heterocycles. The Morgan fingerprint density at radius 1 is 1.36 bits per heavy atom. The summed E-state index contributed by atoms with van der Waals surface area (Å²) in [5, 5.41) is 0.599. The van der Waals surface area contributed by atoms with Gasteiger partial charge in [0.1, 0.15) is 23.0 Å². The molecule has 0 bridgehead atoms. The van der Waals surface area contributed by atoms with Crippen molar-refractivity contribution in [2.75, 3.05) is 0 Å². The lowest BCUT2D eigenvalue weighted by molar-refractivity contribution is 0.0455. The zero-order valence-corrected chi connectivity index (χ0v) is 12.9. The molecule has 7 heteroatoms. The fourth-order valence-corrected chi connectivity index (χ4v) is 3.11. The predicted molar refractivity (Wildman–Crippen MR) is 83.1 cm³/mol. The second-order valence-electron chi connectivity index (χ2n) is 4.77. The van der Waals surface area contributed by atoms with Gasteiger partial charge in [-0.3, -0.25) is 4.79 Å². The van der Waals surface area contributed by atoms with Crippen LogP contribution in [-0.4, -0.2) is 20.9 Å². The number of hydrogen-bond acceptors (Lipinski definition) is 6. The van der Waals surface area contributed by atoms with Gasteiger partial charge in [-0.05, 0) is 31.5 Å². The molecule has 22 heavy (non-hydrogen) atoms. The quantitative estimate of drug-likeness (QED) is 0.750. The molecular weight excluding hydrogens is 302 g/mol. The van der Waals surface area contributed by atoms with Gasteiger partial charge < -0.3 is 9.72 Å². The second-order valence-corrected chi connectivity index (χ2v) is 5.97. The smallest absolute Gasteiger partial charge is 0.357 e.